The lowest BCUT2D eigenvalue weighted by Gasteiger charge is -2.18. The zero-order valence-electron chi connectivity index (χ0n) is 8.56. The van der Waals surface area contributed by atoms with Crippen molar-refractivity contribution in [3.8, 4) is 0 Å². The number of hydrogen-bond acceptors (Lipinski definition) is 6. The van der Waals surface area contributed by atoms with E-state index < -0.39 is 0 Å². The van der Waals surface area contributed by atoms with Crippen LogP contribution in [0.3, 0.4) is 0 Å². The average molecular weight is 216 g/mol. The molecule has 1 aromatic heterocycles. The minimum Gasteiger partial charge on any atom is -0.380 e. The first kappa shape index (κ1) is 11.2. The van der Waals surface area contributed by atoms with Crippen LogP contribution >= 0.6 is 11.5 Å². The molecule has 5 nitrogen and oxygen atoms in total. The van der Waals surface area contributed by atoms with Gasteiger partial charge in [0.1, 0.15) is 0 Å². The molecule has 1 rings (SSSR count). The van der Waals surface area contributed by atoms with Crippen LogP contribution in [0.2, 0.25) is 0 Å². The Kier molecular flexibility index (Phi) is 4.61. The minimum atomic E-state index is 0.347. The molecular formula is C8H16N4OS. The van der Waals surface area contributed by atoms with E-state index in [0.717, 1.165) is 24.8 Å². The summed E-state index contributed by atoms with van der Waals surface area (Å²) in [5.41, 5.74) is 5.46. The second-order valence-corrected chi connectivity index (χ2v) is 3.44. The molecule has 0 aliphatic rings. The molecule has 0 aliphatic carbocycles. The van der Waals surface area contributed by atoms with Crippen molar-refractivity contribution >= 4 is 22.6 Å². The number of nitrogen functional groups attached to an aromatic ring is 1. The SMILES string of the molecule is CCOCCN(CC)c1nc(N)ns1. The van der Waals surface area contributed by atoms with E-state index in [0.29, 0.717) is 12.6 Å². The van der Waals surface area contributed by atoms with Crippen molar-refractivity contribution in [1.29, 1.82) is 0 Å². The van der Waals surface area contributed by atoms with Gasteiger partial charge in [-0.1, -0.05) is 0 Å². The van der Waals surface area contributed by atoms with Gasteiger partial charge in [-0.15, -0.1) is 0 Å². The van der Waals surface area contributed by atoms with Crippen LogP contribution in [0.15, 0.2) is 0 Å². The predicted octanol–water partition coefficient (Wildman–Crippen LogP) is 0.983. The predicted molar refractivity (Wildman–Crippen MR) is 58.7 cm³/mol. The number of aromatic nitrogens is 2. The fourth-order valence-electron chi connectivity index (χ4n) is 1.06. The largest absolute Gasteiger partial charge is 0.380 e. The molecular weight excluding hydrogens is 200 g/mol. The van der Waals surface area contributed by atoms with Gasteiger partial charge in [0, 0.05) is 31.2 Å². The second kappa shape index (κ2) is 5.77. The third-order valence-corrected chi connectivity index (χ3v) is 2.58. The smallest absolute Gasteiger partial charge is 0.233 e. The standard InChI is InChI=1S/C8H16N4OS/c1-3-12(5-6-13-4-2)8-10-7(9)11-14-8/h3-6H2,1-2H3,(H2,9,11). The van der Waals surface area contributed by atoms with Crippen LogP contribution in [-0.4, -0.2) is 35.7 Å². The van der Waals surface area contributed by atoms with Gasteiger partial charge in [-0.05, 0) is 13.8 Å². The Hall–Kier alpha value is -0.880. The Morgan fingerprint density at radius 1 is 1.50 bits per heavy atom. The molecule has 0 aromatic carbocycles. The monoisotopic (exact) mass is 216 g/mol. The zero-order chi connectivity index (χ0) is 10.4. The summed E-state index contributed by atoms with van der Waals surface area (Å²) in [4.78, 5) is 6.22. The lowest BCUT2D eigenvalue weighted by Crippen LogP contribution is -2.27. The fraction of sp³-hybridized carbons (Fsp3) is 0.750. The van der Waals surface area contributed by atoms with Gasteiger partial charge in [0.2, 0.25) is 11.1 Å². The molecule has 0 radical (unpaired) electrons. The van der Waals surface area contributed by atoms with Crippen molar-refractivity contribution in [2.75, 3.05) is 36.9 Å². The van der Waals surface area contributed by atoms with Crippen molar-refractivity contribution in [1.82, 2.24) is 9.36 Å². The summed E-state index contributed by atoms with van der Waals surface area (Å²) in [5.74, 6) is 0.347. The highest BCUT2D eigenvalue weighted by Gasteiger charge is 2.08. The Balaban J connectivity index is 2.45. The Morgan fingerprint density at radius 3 is 2.79 bits per heavy atom. The number of hydrogen-bond donors (Lipinski definition) is 1. The van der Waals surface area contributed by atoms with Crippen LogP contribution in [0, 0.1) is 0 Å². The topological polar surface area (TPSA) is 64.3 Å². The lowest BCUT2D eigenvalue weighted by atomic mass is 10.5. The summed E-state index contributed by atoms with van der Waals surface area (Å²) in [6.07, 6.45) is 0. The van der Waals surface area contributed by atoms with Gasteiger partial charge in [-0.2, -0.15) is 9.36 Å². The highest BCUT2D eigenvalue weighted by molar-refractivity contribution is 7.09. The Labute approximate surface area is 88.1 Å². The Morgan fingerprint density at radius 2 is 2.29 bits per heavy atom. The molecule has 1 aromatic rings. The first-order valence-corrected chi connectivity index (χ1v) is 5.47. The highest BCUT2D eigenvalue weighted by Crippen LogP contribution is 2.17. The van der Waals surface area contributed by atoms with Crippen LogP contribution in [0.4, 0.5) is 11.1 Å². The average Bonchev–Trinajstić information content (AvgIpc) is 2.60. The van der Waals surface area contributed by atoms with Gasteiger partial charge in [0.05, 0.1) is 6.61 Å². The van der Waals surface area contributed by atoms with E-state index in [1.165, 1.54) is 11.5 Å². The van der Waals surface area contributed by atoms with Crippen molar-refractivity contribution in [2.45, 2.75) is 13.8 Å². The van der Waals surface area contributed by atoms with Gasteiger partial charge in [-0.3, -0.25) is 0 Å². The van der Waals surface area contributed by atoms with Gasteiger partial charge in [-0.25, -0.2) is 0 Å². The number of nitrogens with zero attached hydrogens (tertiary/aromatic N) is 3. The second-order valence-electron chi connectivity index (χ2n) is 2.71. The third-order valence-electron chi connectivity index (χ3n) is 1.79. The minimum absolute atomic E-state index is 0.347. The number of ether oxygens (including phenoxy) is 1. The molecule has 0 saturated heterocycles. The molecule has 2 N–H and O–H groups in total. The van der Waals surface area contributed by atoms with Gasteiger partial charge in [0.25, 0.3) is 0 Å². The summed E-state index contributed by atoms with van der Waals surface area (Å²) in [7, 11) is 0. The highest BCUT2D eigenvalue weighted by atomic mass is 32.1. The van der Waals surface area contributed by atoms with Crippen molar-refractivity contribution < 1.29 is 4.74 Å². The number of rotatable bonds is 6. The molecule has 0 bridgehead atoms. The molecule has 6 heteroatoms. The first-order valence-electron chi connectivity index (χ1n) is 4.69. The molecule has 0 atom stereocenters. The summed E-state index contributed by atoms with van der Waals surface area (Å²) in [6.45, 7) is 7.24. The van der Waals surface area contributed by atoms with Crippen LogP contribution in [0.1, 0.15) is 13.8 Å². The maximum absolute atomic E-state index is 5.46. The molecule has 0 spiro atoms. The number of anilines is 2. The number of likely N-dealkylation sites (N-methyl/N-ethyl adjacent to an activating group) is 1. The van der Waals surface area contributed by atoms with E-state index in [-0.39, 0.29) is 0 Å². The van der Waals surface area contributed by atoms with E-state index in [1.54, 1.807) is 0 Å². The van der Waals surface area contributed by atoms with Crippen molar-refractivity contribution in [3.63, 3.8) is 0 Å². The first-order chi connectivity index (χ1) is 6.77. The van der Waals surface area contributed by atoms with Gasteiger partial charge < -0.3 is 15.4 Å². The summed E-state index contributed by atoms with van der Waals surface area (Å²) in [6, 6.07) is 0. The Bertz CT molecular complexity index is 266. The van der Waals surface area contributed by atoms with Gasteiger partial charge >= 0.3 is 0 Å². The molecule has 0 saturated carbocycles. The van der Waals surface area contributed by atoms with Crippen molar-refractivity contribution in [2.24, 2.45) is 0 Å². The van der Waals surface area contributed by atoms with Gasteiger partial charge in [0.15, 0.2) is 0 Å². The molecule has 0 fully saturated rings. The molecule has 80 valence electrons. The summed E-state index contributed by atoms with van der Waals surface area (Å²) in [5, 5.41) is 0.865. The summed E-state index contributed by atoms with van der Waals surface area (Å²) < 4.78 is 9.22. The molecule has 0 amide bonds. The van der Waals surface area contributed by atoms with E-state index in [4.69, 9.17) is 10.5 Å². The van der Waals surface area contributed by atoms with E-state index in [9.17, 15) is 0 Å². The third kappa shape index (κ3) is 3.12. The van der Waals surface area contributed by atoms with E-state index >= 15 is 0 Å². The maximum atomic E-state index is 5.46. The van der Waals surface area contributed by atoms with Crippen LogP contribution in [0.25, 0.3) is 0 Å². The van der Waals surface area contributed by atoms with Crippen LogP contribution < -0.4 is 10.6 Å². The lowest BCUT2D eigenvalue weighted by molar-refractivity contribution is 0.154. The molecule has 0 unspecified atom stereocenters. The molecule has 14 heavy (non-hydrogen) atoms. The fourth-order valence-corrected chi connectivity index (χ4v) is 1.75. The maximum Gasteiger partial charge on any atom is 0.233 e. The quantitative estimate of drug-likeness (QED) is 0.718. The number of nitrogens with two attached hydrogens (primary N) is 1. The van der Waals surface area contributed by atoms with Crippen molar-refractivity contribution in [3.05, 3.63) is 0 Å². The van der Waals surface area contributed by atoms with Crippen LogP contribution in [-0.2, 0) is 4.74 Å². The normalized spacial score (nSPS) is 10.4. The zero-order valence-corrected chi connectivity index (χ0v) is 9.38. The summed E-state index contributed by atoms with van der Waals surface area (Å²) >= 11 is 1.32. The van der Waals surface area contributed by atoms with Crippen LogP contribution in [0.5, 0.6) is 0 Å². The molecule has 0 aliphatic heterocycles. The van der Waals surface area contributed by atoms with E-state index in [1.807, 2.05) is 6.92 Å². The molecule has 1 heterocycles. The van der Waals surface area contributed by atoms with E-state index in [2.05, 4.69) is 21.2 Å².